The number of rotatable bonds is 5. The first-order chi connectivity index (χ1) is 13.6. The van der Waals surface area contributed by atoms with E-state index in [-0.39, 0.29) is 36.1 Å². The smallest absolute Gasteiger partial charge is 0.244 e. The first-order valence-corrected chi connectivity index (χ1v) is 9.46. The molecule has 0 spiro atoms. The summed E-state index contributed by atoms with van der Waals surface area (Å²) in [7, 11) is 0. The summed E-state index contributed by atoms with van der Waals surface area (Å²) in [5.74, 6) is -0.589. The Morgan fingerprint density at radius 3 is 2.39 bits per heavy atom. The van der Waals surface area contributed by atoms with Gasteiger partial charge in [0.1, 0.15) is 18.0 Å². The minimum atomic E-state index is -0.453. The SMILES string of the molecule is O=C(CN1C(=O)C2CCCCC2C1=O)Nc1cccnc1Oc1ccccc1. The van der Waals surface area contributed by atoms with Gasteiger partial charge in [-0.3, -0.25) is 19.3 Å². The fraction of sp³-hybridized carbons (Fsp3) is 0.333. The van der Waals surface area contributed by atoms with Crippen LogP contribution in [0.1, 0.15) is 25.7 Å². The standard InChI is InChI=1S/C21H21N3O4/c25-18(13-24-20(26)15-9-4-5-10-16(15)21(24)27)23-17-11-6-12-22-19(17)28-14-7-2-1-3-8-14/h1-3,6-8,11-12,15-16H,4-5,9-10,13H2,(H,23,25). The fourth-order valence-corrected chi connectivity index (χ4v) is 3.89. The number of ether oxygens (including phenoxy) is 1. The molecule has 0 bridgehead atoms. The van der Waals surface area contributed by atoms with E-state index < -0.39 is 5.91 Å². The Kier molecular flexibility index (Phi) is 5.06. The van der Waals surface area contributed by atoms with Crippen molar-refractivity contribution in [2.75, 3.05) is 11.9 Å². The van der Waals surface area contributed by atoms with Crippen molar-refractivity contribution < 1.29 is 19.1 Å². The summed E-state index contributed by atoms with van der Waals surface area (Å²) >= 11 is 0. The maximum Gasteiger partial charge on any atom is 0.244 e. The number of para-hydroxylation sites is 1. The van der Waals surface area contributed by atoms with E-state index in [2.05, 4.69) is 10.3 Å². The molecule has 3 amide bonds. The number of pyridine rings is 1. The lowest BCUT2D eigenvalue weighted by Gasteiger charge is -2.19. The highest BCUT2D eigenvalue weighted by Gasteiger charge is 2.48. The number of fused-ring (bicyclic) bond motifs is 1. The van der Waals surface area contributed by atoms with Gasteiger partial charge in [0.05, 0.1) is 11.8 Å². The van der Waals surface area contributed by atoms with Crippen LogP contribution in [0.5, 0.6) is 11.6 Å². The third kappa shape index (κ3) is 3.60. The number of likely N-dealkylation sites (tertiary alicyclic amines) is 1. The minimum Gasteiger partial charge on any atom is -0.437 e. The second kappa shape index (κ2) is 7.80. The zero-order valence-corrected chi connectivity index (χ0v) is 15.3. The van der Waals surface area contributed by atoms with E-state index in [1.807, 2.05) is 18.2 Å². The highest BCUT2D eigenvalue weighted by atomic mass is 16.5. The lowest BCUT2D eigenvalue weighted by atomic mass is 9.81. The summed E-state index contributed by atoms with van der Waals surface area (Å²) < 4.78 is 5.73. The van der Waals surface area contributed by atoms with Crippen LogP contribution < -0.4 is 10.1 Å². The van der Waals surface area contributed by atoms with Gasteiger partial charge in [-0.25, -0.2) is 4.98 Å². The molecule has 2 aliphatic rings. The molecule has 1 saturated carbocycles. The van der Waals surface area contributed by atoms with Crippen LogP contribution in [0, 0.1) is 11.8 Å². The molecule has 2 unspecified atom stereocenters. The first kappa shape index (κ1) is 18.2. The zero-order valence-electron chi connectivity index (χ0n) is 15.3. The van der Waals surface area contributed by atoms with Crippen molar-refractivity contribution >= 4 is 23.4 Å². The highest BCUT2D eigenvalue weighted by molar-refractivity contribution is 6.08. The Hall–Kier alpha value is -3.22. The van der Waals surface area contributed by atoms with Crippen LogP contribution in [-0.4, -0.2) is 34.2 Å². The number of carbonyl (C=O) groups is 3. The third-order valence-corrected chi connectivity index (χ3v) is 5.24. The molecule has 0 radical (unpaired) electrons. The van der Waals surface area contributed by atoms with E-state index in [0.29, 0.717) is 11.4 Å². The van der Waals surface area contributed by atoms with Gasteiger partial charge in [0, 0.05) is 6.20 Å². The number of hydrogen-bond donors (Lipinski definition) is 1. The number of imide groups is 1. The largest absolute Gasteiger partial charge is 0.437 e. The van der Waals surface area contributed by atoms with Gasteiger partial charge in [-0.2, -0.15) is 0 Å². The van der Waals surface area contributed by atoms with Crippen LogP contribution in [-0.2, 0) is 14.4 Å². The van der Waals surface area contributed by atoms with Gasteiger partial charge < -0.3 is 10.1 Å². The van der Waals surface area contributed by atoms with Crippen molar-refractivity contribution in [2.45, 2.75) is 25.7 Å². The Labute approximate surface area is 162 Å². The molecule has 7 heteroatoms. The van der Waals surface area contributed by atoms with E-state index in [9.17, 15) is 14.4 Å². The molecule has 1 N–H and O–H groups in total. The molecule has 2 fully saturated rings. The van der Waals surface area contributed by atoms with E-state index >= 15 is 0 Å². The number of amides is 3. The van der Waals surface area contributed by atoms with Crippen molar-refractivity contribution in [3.63, 3.8) is 0 Å². The van der Waals surface area contributed by atoms with Crippen LogP contribution in [0.4, 0.5) is 5.69 Å². The molecule has 4 rings (SSSR count). The van der Waals surface area contributed by atoms with Crippen molar-refractivity contribution in [2.24, 2.45) is 11.8 Å². The quantitative estimate of drug-likeness (QED) is 0.807. The molecule has 1 saturated heterocycles. The summed E-state index contributed by atoms with van der Waals surface area (Å²) in [5, 5.41) is 2.71. The van der Waals surface area contributed by atoms with Gasteiger partial charge in [0.2, 0.25) is 23.6 Å². The normalized spacial score (nSPS) is 21.4. The maximum absolute atomic E-state index is 12.5. The van der Waals surface area contributed by atoms with Crippen LogP contribution in [0.3, 0.4) is 0 Å². The van der Waals surface area contributed by atoms with Crippen LogP contribution >= 0.6 is 0 Å². The van der Waals surface area contributed by atoms with Gasteiger partial charge in [-0.1, -0.05) is 31.0 Å². The Morgan fingerprint density at radius 1 is 1.04 bits per heavy atom. The Balaban J connectivity index is 1.44. The fourth-order valence-electron chi connectivity index (χ4n) is 3.89. The maximum atomic E-state index is 12.5. The predicted molar refractivity (Wildman–Crippen MR) is 102 cm³/mol. The molecule has 144 valence electrons. The van der Waals surface area contributed by atoms with Gasteiger partial charge >= 0.3 is 0 Å². The van der Waals surface area contributed by atoms with E-state index in [1.54, 1.807) is 30.5 Å². The molecule has 7 nitrogen and oxygen atoms in total. The third-order valence-electron chi connectivity index (χ3n) is 5.24. The summed E-state index contributed by atoms with van der Waals surface area (Å²) in [4.78, 5) is 42.9. The average molecular weight is 379 g/mol. The number of anilines is 1. The van der Waals surface area contributed by atoms with Crippen LogP contribution in [0.15, 0.2) is 48.7 Å². The van der Waals surface area contributed by atoms with Crippen molar-refractivity contribution in [1.29, 1.82) is 0 Å². The molecule has 2 heterocycles. The number of benzene rings is 1. The molecule has 1 aliphatic heterocycles. The monoisotopic (exact) mass is 379 g/mol. The second-order valence-electron chi connectivity index (χ2n) is 7.08. The molecule has 1 aromatic heterocycles. The Bertz CT molecular complexity index is 876. The first-order valence-electron chi connectivity index (χ1n) is 9.46. The van der Waals surface area contributed by atoms with Gasteiger partial charge in [-0.15, -0.1) is 0 Å². The number of carbonyl (C=O) groups excluding carboxylic acids is 3. The summed E-state index contributed by atoms with van der Waals surface area (Å²) in [5.41, 5.74) is 0.382. The highest BCUT2D eigenvalue weighted by Crippen LogP contribution is 2.38. The molecule has 1 aliphatic carbocycles. The Morgan fingerprint density at radius 2 is 1.71 bits per heavy atom. The molecule has 28 heavy (non-hydrogen) atoms. The van der Waals surface area contributed by atoms with Crippen LogP contribution in [0.2, 0.25) is 0 Å². The molecule has 1 aromatic carbocycles. The topological polar surface area (TPSA) is 88.6 Å². The van der Waals surface area contributed by atoms with Gasteiger partial charge in [0.25, 0.3) is 0 Å². The van der Waals surface area contributed by atoms with Crippen molar-refractivity contribution in [3.05, 3.63) is 48.7 Å². The predicted octanol–water partition coefficient (Wildman–Crippen LogP) is 2.99. The van der Waals surface area contributed by atoms with E-state index in [4.69, 9.17) is 4.74 Å². The molecule has 2 atom stereocenters. The minimum absolute atomic E-state index is 0.225. The molecule has 2 aromatic rings. The number of nitrogens with zero attached hydrogens (tertiary/aromatic N) is 2. The summed E-state index contributed by atoms with van der Waals surface area (Å²) in [6.07, 6.45) is 4.92. The van der Waals surface area contributed by atoms with Crippen LogP contribution in [0.25, 0.3) is 0 Å². The lowest BCUT2D eigenvalue weighted by Crippen LogP contribution is -2.38. The number of aromatic nitrogens is 1. The average Bonchev–Trinajstić information content (AvgIpc) is 2.95. The second-order valence-corrected chi connectivity index (χ2v) is 7.08. The van der Waals surface area contributed by atoms with Crippen molar-refractivity contribution in [1.82, 2.24) is 9.88 Å². The van der Waals surface area contributed by atoms with Gasteiger partial charge in [0.15, 0.2) is 0 Å². The number of hydrogen-bond acceptors (Lipinski definition) is 5. The number of nitrogens with one attached hydrogen (secondary N) is 1. The summed E-state index contributed by atoms with van der Waals surface area (Å²) in [6.45, 7) is -0.287. The van der Waals surface area contributed by atoms with E-state index in [1.165, 1.54) is 0 Å². The summed E-state index contributed by atoms with van der Waals surface area (Å²) in [6, 6.07) is 12.4. The lowest BCUT2D eigenvalue weighted by molar-refractivity contribution is -0.142. The van der Waals surface area contributed by atoms with E-state index in [0.717, 1.165) is 30.6 Å². The molecular weight excluding hydrogens is 358 g/mol. The van der Waals surface area contributed by atoms with Gasteiger partial charge in [-0.05, 0) is 37.1 Å². The molecular formula is C21H21N3O4. The zero-order chi connectivity index (χ0) is 19.5. The van der Waals surface area contributed by atoms with Crippen molar-refractivity contribution in [3.8, 4) is 11.6 Å².